The molecule has 72 valence electrons. The molecule has 0 aliphatic carbocycles. The van der Waals surface area contributed by atoms with Crippen molar-refractivity contribution in [2.75, 3.05) is 0 Å². The Morgan fingerprint density at radius 1 is 1.71 bits per heavy atom. The molecule has 0 spiro atoms. The van der Waals surface area contributed by atoms with Gasteiger partial charge in [0.15, 0.2) is 0 Å². The van der Waals surface area contributed by atoms with Gasteiger partial charge < -0.3 is 10.8 Å². The van der Waals surface area contributed by atoms with Gasteiger partial charge in [0.25, 0.3) is 0 Å². The first kappa shape index (κ1) is 10.2. The third-order valence-electron chi connectivity index (χ3n) is 1.69. The molecule has 0 aliphatic heterocycles. The number of hydrogen-bond acceptors (Lipinski definition) is 4. The van der Waals surface area contributed by atoms with Crippen molar-refractivity contribution in [2.45, 2.75) is 12.5 Å². The van der Waals surface area contributed by atoms with E-state index in [1.54, 1.807) is 12.1 Å². The second-order valence-corrected chi connectivity index (χ2v) is 2.79. The Labute approximate surface area is 80.8 Å². The predicted molar refractivity (Wildman–Crippen MR) is 48.1 cm³/mol. The number of nitrogens with two attached hydrogens (primary N) is 1. The molecule has 14 heavy (non-hydrogen) atoms. The summed E-state index contributed by atoms with van der Waals surface area (Å²) in [6.07, 6.45) is 1.20. The van der Waals surface area contributed by atoms with Gasteiger partial charge in [-0.1, -0.05) is 0 Å². The van der Waals surface area contributed by atoms with Crippen LogP contribution < -0.4 is 5.73 Å². The minimum absolute atomic E-state index is 0.168. The molecule has 1 atom stereocenters. The first-order valence-electron chi connectivity index (χ1n) is 3.97. The van der Waals surface area contributed by atoms with Gasteiger partial charge in [-0.15, -0.1) is 0 Å². The summed E-state index contributed by atoms with van der Waals surface area (Å²) in [5.41, 5.74) is 6.47. The predicted octanol–water partition coefficient (Wildman–Crippen LogP) is 0.428. The van der Waals surface area contributed by atoms with E-state index in [1.807, 2.05) is 6.07 Å². The zero-order valence-electron chi connectivity index (χ0n) is 7.34. The lowest BCUT2D eigenvalue weighted by molar-refractivity contribution is -0.137. The van der Waals surface area contributed by atoms with E-state index >= 15 is 0 Å². The van der Waals surface area contributed by atoms with Crippen LogP contribution in [0.3, 0.4) is 0 Å². The van der Waals surface area contributed by atoms with Crippen molar-refractivity contribution in [3.8, 4) is 6.07 Å². The lowest BCUT2D eigenvalue weighted by Gasteiger charge is -2.07. The van der Waals surface area contributed by atoms with Gasteiger partial charge >= 0.3 is 5.97 Å². The molecule has 3 N–H and O–H groups in total. The lowest BCUT2D eigenvalue weighted by Crippen LogP contribution is -2.16. The standard InChI is InChI=1S/C9H9N3O2/c10-4-6-1-2-8(12-5-6)7(11)3-9(13)14/h1-2,5,7H,3,11H2,(H,13,14)/t7-/m0/s1. The van der Waals surface area contributed by atoms with Crippen molar-refractivity contribution in [3.63, 3.8) is 0 Å². The SMILES string of the molecule is N#Cc1ccc([C@@H](N)CC(=O)O)nc1. The maximum absolute atomic E-state index is 10.3. The van der Waals surface area contributed by atoms with E-state index in [2.05, 4.69) is 4.98 Å². The van der Waals surface area contributed by atoms with Crippen LogP contribution in [0.5, 0.6) is 0 Å². The molecule has 0 fully saturated rings. The summed E-state index contributed by atoms with van der Waals surface area (Å²) in [7, 11) is 0. The van der Waals surface area contributed by atoms with Gasteiger partial charge in [0.2, 0.25) is 0 Å². The molecule has 0 saturated carbocycles. The molecule has 1 aromatic rings. The van der Waals surface area contributed by atoms with Crippen LogP contribution in [0.4, 0.5) is 0 Å². The van der Waals surface area contributed by atoms with Crippen LogP contribution in [0.2, 0.25) is 0 Å². The van der Waals surface area contributed by atoms with Gasteiger partial charge in [-0.2, -0.15) is 5.26 Å². The molecule has 1 aromatic heterocycles. The van der Waals surface area contributed by atoms with Crippen molar-refractivity contribution in [2.24, 2.45) is 5.73 Å². The minimum Gasteiger partial charge on any atom is -0.481 e. The highest BCUT2D eigenvalue weighted by Gasteiger charge is 2.11. The van der Waals surface area contributed by atoms with Gasteiger partial charge in [0, 0.05) is 6.20 Å². The molecule has 0 aliphatic rings. The molecule has 1 heterocycles. The normalized spacial score (nSPS) is 11.7. The fourth-order valence-corrected chi connectivity index (χ4v) is 0.983. The fourth-order valence-electron chi connectivity index (χ4n) is 0.983. The maximum atomic E-state index is 10.3. The summed E-state index contributed by atoms with van der Waals surface area (Å²) in [4.78, 5) is 14.2. The lowest BCUT2D eigenvalue weighted by atomic mass is 10.1. The molecule has 1 rings (SSSR count). The molecule has 0 saturated heterocycles. The second kappa shape index (κ2) is 4.35. The van der Waals surface area contributed by atoms with Crippen molar-refractivity contribution < 1.29 is 9.90 Å². The van der Waals surface area contributed by atoms with Crippen molar-refractivity contribution in [1.82, 2.24) is 4.98 Å². The largest absolute Gasteiger partial charge is 0.481 e. The molecular weight excluding hydrogens is 182 g/mol. The summed E-state index contributed by atoms with van der Waals surface area (Å²) in [5.74, 6) is -0.969. The number of aromatic nitrogens is 1. The van der Waals surface area contributed by atoms with E-state index < -0.39 is 12.0 Å². The first-order chi connectivity index (χ1) is 6.63. The highest BCUT2D eigenvalue weighted by Crippen LogP contribution is 2.11. The maximum Gasteiger partial charge on any atom is 0.305 e. The molecule has 0 bridgehead atoms. The van der Waals surface area contributed by atoms with Crippen LogP contribution in [-0.4, -0.2) is 16.1 Å². The van der Waals surface area contributed by atoms with Crippen molar-refractivity contribution >= 4 is 5.97 Å². The van der Waals surface area contributed by atoms with Crippen LogP contribution in [0.15, 0.2) is 18.3 Å². The number of carboxylic acid groups (broad SMARTS) is 1. The highest BCUT2D eigenvalue weighted by molar-refractivity contribution is 5.67. The number of rotatable bonds is 3. The zero-order chi connectivity index (χ0) is 10.6. The molecule has 0 unspecified atom stereocenters. The van der Waals surface area contributed by atoms with Crippen LogP contribution >= 0.6 is 0 Å². The molecule has 0 amide bonds. The average Bonchev–Trinajstić information content (AvgIpc) is 2.17. The second-order valence-electron chi connectivity index (χ2n) is 2.79. The molecule has 5 nitrogen and oxygen atoms in total. The van der Waals surface area contributed by atoms with Crippen LogP contribution in [0.25, 0.3) is 0 Å². The fraction of sp³-hybridized carbons (Fsp3) is 0.222. The molecular formula is C9H9N3O2. The van der Waals surface area contributed by atoms with Gasteiger partial charge in [-0.05, 0) is 12.1 Å². The summed E-state index contributed by atoms with van der Waals surface area (Å²) >= 11 is 0. The van der Waals surface area contributed by atoms with Gasteiger partial charge in [0.1, 0.15) is 6.07 Å². The summed E-state index contributed by atoms with van der Waals surface area (Å²) < 4.78 is 0. The Hall–Kier alpha value is -1.93. The Bertz CT molecular complexity index is 367. The van der Waals surface area contributed by atoms with E-state index in [-0.39, 0.29) is 6.42 Å². The van der Waals surface area contributed by atoms with Gasteiger partial charge in [-0.3, -0.25) is 9.78 Å². The Morgan fingerprint density at radius 3 is 2.86 bits per heavy atom. The van der Waals surface area contributed by atoms with E-state index in [9.17, 15) is 4.79 Å². The molecule has 5 heteroatoms. The summed E-state index contributed by atoms with van der Waals surface area (Å²) in [6.45, 7) is 0. The number of aliphatic carboxylic acids is 1. The van der Waals surface area contributed by atoms with E-state index in [4.69, 9.17) is 16.1 Å². The summed E-state index contributed by atoms with van der Waals surface area (Å²) in [6, 6.07) is 4.41. The Kier molecular flexibility index (Phi) is 3.15. The average molecular weight is 191 g/mol. The number of carboxylic acids is 1. The first-order valence-corrected chi connectivity index (χ1v) is 3.97. The van der Waals surface area contributed by atoms with Crippen LogP contribution in [0.1, 0.15) is 23.7 Å². The third-order valence-corrected chi connectivity index (χ3v) is 1.69. The number of hydrogen-bond donors (Lipinski definition) is 2. The topological polar surface area (TPSA) is 100 Å². The Morgan fingerprint density at radius 2 is 2.43 bits per heavy atom. The quantitative estimate of drug-likeness (QED) is 0.721. The number of nitriles is 1. The van der Waals surface area contributed by atoms with Crippen molar-refractivity contribution in [3.05, 3.63) is 29.6 Å². The number of carbonyl (C=O) groups is 1. The van der Waals surface area contributed by atoms with Crippen LogP contribution in [-0.2, 0) is 4.79 Å². The molecule has 0 radical (unpaired) electrons. The zero-order valence-corrected chi connectivity index (χ0v) is 7.34. The van der Waals surface area contributed by atoms with E-state index in [0.717, 1.165) is 0 Å². The van der Waals surface area contributed by atoms with E-state index in [0.29, 0.717) is 11.3 Å². The van der Waals surface area contributed by atoms with Gasteiger partial charge in [0.05, 0.1) is 23.7 Å². The Balaban J connectivity index is 2.77. The van der Waals surface area contributed by atoms with Gasteiger partial charge in [-0.25, -0.2) is 0 Å². The van der Waals surface area contributed by atoms with Crippen LogP contribution in [0, 0.1) is 11.3 Å². The number of pyridine rings is 1. The van der Waals surface area contributed by atoms with Crippen molar-refractivity contribution in [1.29, 1.82) is 5.26 Å². The molecule has 0 aromatic carbocycles. The monoisotopic (exact) mass is 191 g/mol. The smallest absolute Gasteiger partial charge is 0.305 e. The van der Waals surface area contributed by atoms with E-state index in [1.165, 1.54) is 6.20 Å². The highest BCUT2D eigenvalue weighted by atomic mass is 16.4. The third kappa shape index (κ3) is 2.54. The summed E-state index contributed by atoms with van der Waals surface area (Å²) in [5, 5.41) is 17.0. The minimum atomic E-state index is -0.969. The number of nitrogens with zero attached hydrogens (tertiary/aromatic N) is 2.